The molecule has 5 heteroatoms. The van der Waals surface area contributed by atoms with Gasteiger partial charge in [-0.15, -0.1) is 0 Å². The first-order chi connectivity index (χ1) is 7.91. The summed E-state index contributed by atoms with van der Waals surface area (Å²) in [6.45, 7) is 8.34. The van der Waals surface area contributed by atoms with Crippen LogP contribution in [0.25, 0.3) is 0 Å². The molecule has 1 aliphatic heterocycles. The zero-order chi connectivity index (χ0) is 13.0. The second-order valence-electron chi connectivity index (χ2n) is 4.91. The average molecular weight is 258 g/mol. The molecule has 1 rings (SSSR count). The number of piperazine rings is 1. The Morgan fingerprint density at radius 2 is 1.53 bits per heavy atom. The van der Waals surface area contributed by atoms with Crippen molar-refractivity contribution in [3.05, 3.63) is 0 Å². The van der Waals surface area contributed by atoms with Gasteiger partial charge >= 0.3 is 0 Å². The lowest BCUT2D eigenvalue weighted by atomic mass is 10.1. The fourth-order valence-electron chi connectivity index (χ4n) is 1.92. The van der Waals surface area contributed by atoms with Crippen LogP contribution in [0.5, 0.6) is 0 Å². The van der Waals surface area contributed by atoms with Gasteiger partial charge in [-0.1, -0.05) is 20.8 Å². The minimum atomic E-state index is 0.0368. The summed E-state index contributed by atoms with van der Waals surface area (Å²) in [4.78, 5) is 27.2. The molecular formula is C12H22N2O2S. The van der Waals surface area contributed by atoms with E-state index in [0.717, 1.165) is 0 Å². The van der Waals surface area contributed by atoms with E-state index in [2.05, 4.69) is 12.6 Å². The van der Waals surface area contributed by atoms with Gasteiger partial charge in [-0.05, 0) is 0 Å². The van der Waals surface area contributed by atoms with Crippen molar-refractivity contribution < 1.29 is 9.59 Å². The summed E-state index contributed by atoms with van der Waals surface area (Å²) in [5.74, 6) is 0.360. The van der Waals surface area contributed by atoms with Crippen LogP contribution in [0.3, 0.4) is 0 Å². The van der Waals surface area contributed by atoms with Gasteiger partial charge in [-0.3, -0.25) is 9.59 Å². The third-order valence-corrected chi connectivity index (χ3v) is 3.09. The van der Waals surface area contributed by atoms with E-state index in [0.29, 0.717) is 32.6 Å². The van der Waals surface area contributed by atoms with Crippen molar-refractivity contribution in [3.63, 3.8) is 0 Å². The number of hydrogen-bond acceptors (Lipinski definition) is 3. The molecule has 1 heterocycles. The van der Waals surface area contributed by atoms with Gasteiger partial charge in [0.25, 0.3) is 0 Å². The molecule has 0 aliphatic carbocycles. The van der Waals surface area contributed by atoms with E-state index in [-0.39, 0.29) is 23.0 Å². The van der Waals surface area contributed by atoms with Gasteiger partial charge in [0.2, 0.25) is 11.8 Å². The number of amides is 2. The first-order valence-electron chi connectivity index (χ1n) is 6.16. The van der Waals surface area contributed by atoms with Crippen LogP contribution in [0, 0.1) is 5.92 Å². The first-order valence-corrected chi connectivity index (χ1v) is 6.68. The summed E-state index contributed by atoms with van der Waals surface area (Å²) >= 11 is 4.22. The summed E-state index contributed by atoms with van der Waals surface area (Å²) in [7, 11) is 0. The van der Waals surface area contributed by atoms with Gasteiger partial charge in [0.05, 0.1) is 0 Å². The highest BCUT2D eigenvalue weighted by atomic mass is 32.1. The second-order valence-corrected chi connectivity index (χ2v) is 5.80. The molecular weight excluding hydrogens is 236 g/mol. The van der Waals surface area contributed by atoms with Gasteiger partial charge in [0.1, 0.15) is 0 Å². The molecule has 0 unspecified atom stereocenters. The molecule has 17 heavy (non-hydrogen) atoms. The van der Waals surface area contributed by atoms with E-state index in [1.807, 2.05) is 30.6 Å². The zero-order valence-electron chi connectivity index (χ0n) is 10.8. The Morgan fingerprint density at radius 1 is 1.06 bits per heavy atom. The summed E-state index contributed by atoms with van der Waals surface area (Å²) in [5.41, 5.74) is 0. The average Bonchev–Trinajstić information content (AvgIpc) is 2.27. The van der Waals surface area contributed by atoms with Crippen molar-refractivity contribution in [2.24, 2.45) is 5.92 Å². The van der Waals surface area contributed by atoms with E-state index in [1.54, 1.807) is 0 Å². The summed E-state index contributed by atoms with van der Waals surface area (Å²) < 4.78 is 0. The summed E-state index contributed by atoms with van der Waals surface area (Å²) in [6.07, 6.45) is 0.473. The lowest BCUT2D eigenvalue weighted by Crippen LogP contribution is -2.51. The Morgan fingerprint density at radius 3 is 1.94 bits per heavy atom. The molecule has 0 aromatic heterocycles. The quantitative estimate of drug-likeness (QED) is 0.768. The predicted molar refractivity (Wildman–Crippen MR) is 71.1 cm³/mol. The molecule has 1 aliphatic rings. The molecule has 2 amide bonds. The standard InChI is InChI=1S/C12H22N2O2S/c1-9(2)12(16)14-6-4-13(5-7-14)11(15)8-10(3)17/h9-10,17H,4-8H2,1-3H3/t10-/m0/s1. The highest BCUT2D eigenvalue weighted by Gasteiger charge is 2.25. The van der Waals surface area contributed by atoms with Gasteiger partial charge < -0.3 is 9.80 Å². The number of rotatable bonds is 3. The van der Waals surface area contributed by atoms with Crippen LogP contribution < -0.4 is 0 Å². The van der Waals surface area contributed by atoms with Crippen LogP contribution in [0.15, 0.2) is 0 Å². The van der Waals surface area contributed by atoms with E-state index in [9.17, 15) is 9.59 Å². The number of carbonyl (C=O) groups excluding carboxylic acids is 2. The number of hydrogen-bond donors (Lipinski definition) is 1. The van der Waals surface area contributed by atoms with Crippen molar-refractivity contribution in [1.82, 2.24) is 9.80 Å². The molecule has 0 bridgehead atoms. The molecule has 1 saturated heterocycles. The van der Waals surface area contributed by atoms with E-state index in [1.165, 1.54) is 0 Å². The Labute approximate surface area is 109 Å². The third-order valence-electron chi connectivity index (χ3n) is 2.91. The molecule has 4 nitrogen and oxygen atoms in total. The Hall–Kier alpha value is -0.710. The maximum atomic E-state index is 11.8. The molecule has 1 atom stereocenters. The Kier molecular flexibility index (Phi) is 5.31. The fourth-order valence-corrected chi connectivity index (χ4v) is 2.08. The van der Waals surface area contributed by atoms with E-state index >= 15 is 0 Å². The molecule has 0 spiro atoms. The largest absolute Gasteiger partial charge is 0.339 e. The van der Waals surface area contributed by atoms with Crippen LogP contribution >= 0.6 is 12.6 Å². The number of carbonyl (C=O) groups is 2. The van der Waals surface area contributed by atoms with Gasteiger partial charge in [-0.25, -0.2) is 0 Å². The molecule has 0 N–H and O–H groups in total. The highest BCUT2D eigenvalue weighted by Crippen LogP contribution is 2.10. The first kappa shape index (κ1) is 14.4. The highest BCUT2D eigenvalue weighted by molar-refractivity contribution is 7.80. The van der Waals surface area contributed by atoms with Crippen molar-refractivity contribution in [2.45, 2.75) is 32.4 Å². The lowest BCUT2D eigenvalue weighted by molar-refractivity contribution is -0.141. The van der Waals surface area contributed by atoms with Crippen molar-refractivity contribution >= 4 is 24.4 Å². The van der Waals surface area contributed by atoms with Crippen LogP contribution in [-0.4, -0.2) is 53.0 Å². The van der Waals surface area contributed by atoms with Gasteiger partial charge in [-0.2, -0.15) is 12.6 Å². The predicted octanol–water partition coefficient (Wildman–Crippen LogP) is 1.02. The summed E-state index contributed by atoms with van der Waals surface area (Å²) in [5, 5.41) is 0.0952. The molecule has 0 aromatic carbocycles. The van der Waals surface area contributed by atoms with E-state index < -0.39 is 0 Å². The Balaban J connectivity index is 2.40. The molecule has 98 valence electrons. The second kappa shape index (κ2) is 6.28. The number of nitrogens with zero attached hydrogens (tertiary/aromatic N) is 2. The zero-order valence-corrected chi connectivity index (χ0v) is 11.7. The van der Waals surface area contributed by atoms with Gasteiger partial charge in [0, 0.05) is 43.8 Å². The third kappa shape index (κ3) is 4.22. The smallest absolute Gasteiger partial charge is 0.225 e. The van der Waals surface area contributed by atoms with Crippen LogP contribution in [0.4, 0.5) is 0 Å². The fraction of sp³-hybridized carbons (Fsp3) is 0.833. The maximum absolute atomic E-state index is 11.8. The Bertz CT molecular complexity index is 284. The number of thiol groups is 1. The van der Waals surface area contributed by atoms with Crippen LogP contribution in [-0.2, 0) is 9.59 Å². The normalized spacial score (nSPS) is 18.4. The molecule has 0 radical (unpaired) electrons. The summed E-state index contributed by atoms with van der Waals surface area (Å²) in [6, 6.07) is 0. The maximum Gasteiger partial charge on any atom is 0.225 e. The molecule has 0 saturated carbocycles. The van der Waals surface area contributed by atoms with E-state index in [4.69, 9.17) is 0 Å². The van der Waals surface area contributed by atoms with Crippen molar-refractivity contribution in [2.75, 3.05) is 26.2 Å². The minimum absolute atomic E-state index is 0.0368. The van der Waals surface area contributed by atoms with Crippen molar-refractivity contribution in [1.29, 1.82) is 0 Å². The van der Waals surface area contributed by atoms with Gasteiger partial charge in [0.15, 0.2) is 0 Å². The monoisotopic (exact) mass is 258 g/mol. The molecule has 0 aromatic rings. The lowest BCUT2D eigenvalue weighted by Gasteiger charge is -2.35. The van der Waals surface area contributed by atoms with Crippen molar-refractivity contribution in [3.8, 4) is 0 Å². The van der Waals surface area contributed by atoms with Crippen LogP contribution in [0.2, 0.25) is 0 Å². The minimum Gasteiger partial charge on any atom is -0.339 e. The SMILES string of the molecule is CC(C)C(=O)N1CCN(C(=O)C[C@H](C)S)CC1. The topological polar surface area (TPSA) is 40.6 Å². The van der Waals surface area contributed by atoms with Crippen LogP contribution in [0.1, 0.15) is 27.2 Å². The molecule has 1 fully saturated rings.